The van der Waals surface area contributed by atoms with Gasteiger partial charge in [0.05, 0.1) is 10.5 Å². The van der Waals surface area contributed by atoms with Crippen molar-refractivity contribution in [3.63, 3.8) is 0 Å². The SMILES string of the molecule is CCC(CC)(COc1cccc([N+](=O)[O-])c1C#N)N(C(=O)O)C(C)(C)C. The van der Waals surface area contributed by atoms with E-state index in [1.807, 2.05) is 13.8 Å². The lowest BCUT2D eigenvalue weighted by Gasteiger charge is -2.48. The van der Waals surface area contributed by atoms with Crippen LogP contribution in [0, 0.1) is 21.4 Å². The van der Waals surface area contributed by atoms with Crippen molar-refractivity contribution in [3.05, 3.63) is 33.9 Å². The van der Waals surface area contributed by atoms with Gasteiger partial charge in [0.25, 0.3) is 5.69 Å². The molecule has 8 nitrogen and oxygen atoms in total. The summed E-state index contributed by atoms with van der Waals surface area (Å²) in [7, 11) is 0. The first kappa shape index (κ1) is 21.2. The maximum atomic E-state index is 11.9. The highest BCUT2D eigenvalue weighted by Gasteiger charge is 2.44. The van der Waals surface area contributed by atoms with Gasteiger partial charge >= 0.3 is 6.09 Å². The number of carboxylic acid groups (broad SMARTS) is 1. The Kier molecular flexibility index (Phi) is 6.56. The van der Waals surface area contributed by atoms with Gasteiger partial charge in [-0.25, -0.2) is 4.79 Å². The van der Waals surface area contributed by atoms with Gasteiger partial charge < -0.3 is 9.84 Å². The van der Waals surface area contributed by atoms with Gasteiger partial charge in [-0.2, -0.15) is 5.26 Å². The number of nitriles is 1. The molecule has 8 heteroatoms. The number of hydrogen-bond donors (Lipinski definition) is 1. The number of hydrogen-bond acceptors (Lipinski definition) is 5. The first-order valence-electron chi connectivity index (χ1n) is 8.37. The zero-order valence-corrected chi connectivity index (χ0v) is 15.8. The third-order valence-electron chi connectivity index (χ3n) is 4.46. The van der Waals surface area contributed by atoms with E-state index in [4.69, 9.17) is 4.74 Å². The molecule has 0 unspecified atom stereocenters. The molecule has 0 bridgehead atoms. The molecule has 0 fully saturated rings. The van der Waals surface area contributed by atoms with Crippen molar-refractivity contribution in [1.29, 1.82) is 5.26 Å². The van der Waals surface area contributed by atoms with Crippen molar-refractivity contribution in [3.8, 4) is 11.8 Å². The molecule has 1 aromatic rings. The fourth-order valence-electron chi connectivity index (χ4n) is 3.15. The lowest BCUT2D eigenvalue weighted by atomic mass is 9.87. The van der Waals surface area contributed by atoms with Crippen LogP contribution < -0.4 is 4.74 Å². The van der Waals surface area contributed by atoms with E-state index < -0.39 is 22.1 Å². The standard InChI is InChI=1S/C18H25N3O5/c1-6-18(7-2,20(16(22)23)17(3,4)5)12-26-15-10-8-9-14(21(24)25)13(15)11-19/h8-10H,6-7,12H2,1-5H3,(H,22,23). The Morgan fingerprint density at radius 1 is 1.35 bits per heavy atom. The highest BCUT2D eigenvalue weighted by molar-refractivity contribution is 5.67. The Labute approximate surface area is 153 Å². The smallest absolute Gasteiger partial charge is 0.408 e. The van der Waals surface area contributed by atoms with Gasteiger partial charge in [-0.05, 0) is 39.7 Å². The van der Waals surface area contributed by atoms with Crippen LogP contribution in [0.3, 0.4) is 0 Å². The first-order valence-corrected chi connectivity index (χ1v) is 8.37. The van der Waals surface area contributed by atoms with Crippen LogP contribution in [0.2, 0.25) is 0 Å². The van der Waals surface area contributed by atoms with Crippen molar-refractivity contribution in [2.75, 3.05) is 6.61 Å². The zero-order valence-electron chi connectivity index (χ0n) is 15.8. The Morgan fingerprint density at radius 3 is 2.31 bits per heavy atom. The van der Waals surface area contributed by atoms with Crippen molar-refractivity contribution in [1.82, 2.24) is 4.90 Å². The number of benzene rings is 1. The van der Waals surface area contributed by atoms with Crippen LogP contribution in [-0.4, -0.2) is 38.7 Å². The summed E-state index contributed by atoms with van der Waals surface area (Å²) in [6, 6.07) is 5.95. The highest BCUT2D eigenvalue weighted by Crippen LogP contribution is 2.34. The van der Waals surface area contributed by atoms with Gasteiger partial charge in [-0.1, -0.05) is 19.9 Å². The highest BCUT2D eigenvalue weighted by atomic mass is 16.6. The number of nitro benzene ring substituents is 1. The molecule has 0 aliphatic rings. The molecule has 26 heavy (non-hydrogen) atoms. The number of ether oxygens (including phenoxy) is 1. The van der Waals surface area contributed by atoms with Crippen molar-refractivity contribution in [2.24, 2.45) is 0 Å². The summed E-state index contributed by atoms with van der Waals surface area (Å²) in [6.07, 6.45) is -0.0855. The summed E-state index contributed by atoms with van der Waals surface area (Å²) < 4.78 is 5.76. The van der Waals surface area contributed by atoms with Crippen LogP contribution in [0.4, 0.5) is 10.5 Å². The summed E-state index contributed by atoms with van der Waals surface area (Å²) in [5.41, 5.74) is -2.01. The fraction of sp³-hybridized carbons (Fsp3) is 0.556. The Morgan fingerprint density at radius 2 is 1.92 bits per heavy atom. The van der Waals surface area contributed by atoms with Crippen molar-refractivity contribution < 1.29 is 19.6 Å². The number of nitrogens with zero attached hydrogens (tertiary/aromatic N) is 3. The maximum absolute atomic E-state index is 11.9. The monoisotopic (exact) mass is 363 g/mol. The lowest BCUT2D eigenvalue weighted by Crippen LogP contribution is -2.61. The van der Waals surface area contributed by atoms with Crippen LogP contribution in [-0.2, 0) is 0 Å². The van der Waals surface area contributed by atoms with E-state index in [1.54, 1.807) is 26.8 Å². The molecule has 1 aromatic carbocycles. The predicted octanol–water partition coefficient (Wildman–Crippen LogP) is 4.18. The van der Waals surface area contributed by atoms with E-state index in [0.717, 1.165) is 0 Å². The summed E-state index contributed by atoms with van der Waals surface area (Å²) in [6.45, 7) is 9.12. The molecular weight excluding hydrogens is 338 g/mol. The molecule has 1 rings (SSSR count). The van der Waals surface area contributed by atoms with Crippen molar-refractivity contribution in [2.45, 2.75) is 58.5 Å². The second kappa shape index (κ2) is 8.04. The largest absolute Gasteiger partial charge is 0.489 e. The summed E-state index contributed by atoms with van der Waals surface area (Å²) in [5, 5.41) is 30.1. The summed E-state index contributed by atoms with van der Waals surface area (Å²) in [5.74, 6) is 0.0761. The maximum Gasteiger partial charge on any atom is 0.408 e. The number of amides is 1. The second-order valence-electron chi connectivity index (χ2n) is 7.03. The fourth-order valence-corrected chi connectivity index (χ4v) is 3.15. The molecule has 0 aliphatic carbocycles. The van der Waals surface area contributed by atoms with Crippen molar-refractivity contribution >= 4 is 11.8 Å². The molecule has 0 saturated heterocycles. The minimum atomic E-state index is -1.07. The molecule has 0 radical (unpaired) electrons. The number of nitro groups is 1. The molecule has 1 amide bonds. The molecule has 1 N–H and O–H groups in total. The van der Waals surface area contributed by atoms with Crippen LogP contribution in [0.15, 0.2) is 18.2 Å². The minimum Gasteiger partial charge on any atom is -0.489 e. The van der Waals surface area contributed by atoms with Crippen LogP contribution in [0.5, 0.6) is 5.75 Å². The third-order valence-corrected chi connectivity index (χ3v) is 4.46. The molecule has 0 spiro atoms. The topological polar surface area (TPSA) is 117 Å². The zero-order chi connectivity index (χ0) is 20.1. The van der Waals surface area contributed by atoms with Gasteiger partial charge in [0.2, 0.25) is 0 Å². The van der Waals surface area contributed by atoms with Gasteiger partial charge in [-0.15, -0.1) is 0 Å². The molecule has 0 aromatic heterocycles. The van der Waals surface area contributed by atoms with E-state index in [-0.39, 0.29) is 23.6 Å². The second-order valence-corrected chi connectivity index (χ2v) is 7.03. The Balaban J connectivity index is 3.30. The Hall–Kier alpha value is -2.82. The quantitative estimate of drug-likeness (QED) is 0.573. The first-order chi connectivity index (χ1) is 12.0. The average Bonchev–Trinajstić information content (AvgIpc) is 2.56. The van der Waals surface area contributed by atoms with Crippen LogP contribution in [0.25, 0.3) is 0 Å². The summed E-state index contributed by atoms with van der Waals surface area (Å²) in [4.78, 5) is 23.7. The van der Waals surface area contributed by atoms with Gasteiger partial charge in [0.15, 0.2) is 5.56 Å². The van der Waals surface area contributed by atoms with E-state index in [9.17, 15) is 25.3 Å². The number of rotatable bonds is 7. The molecular formula is C18H25N3O5. The van der Waals surface area contributed by atoms with Crippen LogP contribution >= 0.6 is 0 Å². The minimum absolute atomic E-state index is 0.0145. The number of carbonyl (C=O) groups is 1. The molecule has 0 saturated carbocycles. The van der Waals surface area contributed by atoms with E-state index in [0.29, 0.717) is 12.8 Å². The molecule has 0 aliphatic heterocycles. The van der Waals surface area contributed by atoms with Crippen LogP contribution in [0.1, 0.15) is 53.0 Å². The molecule has 0 heterocycles. The third kappa shape index (κ3) is 4.23. The van der Waals surface area contributed by atoms with Gasteiger partial charge in [-0.3, -0.25) is 15.0 Å². The Bertz CT molecular complexity index is 715. The average molecular weight is 363 g/mol. The van der Waals surface area contributed by atoms with Gasteiger partial charge in [0.1, 0.15) is 18.4 Å². The van der Waals surface area contributed by atoms with E-state index in [2.05, 4.69) is 0 Å². The molecule has 0 atom stereocenters. The molecule has 142 valence electrons. The summed E-state index contributed by atoms with van der Waals surface area (Å²) >= 11 is 0. The lowest BCUT2D eigenvalue weighted by molar-refractivity contribution is -0.385. The predicted molar refractivity (Wildman–Crippen MR) is 96.2 cm³/mol. The van der Waals surface area contributed by atoms with Gasteiger partial charge in [0, 0.05) is 11.6 Å². The van der Waals surface area contributed by atoms with E-state index in [1.165, 1.54) is 23.1 Å². The normalized spacial score (nSPS) is 11.5. The van der Waals surface area contributed by atoms with E-state index >= 15 is 0 Å².